The predicted molar refractivity (Wildman–Crippen MR) is 118 cm³/mol. The van der Waals surface area contributed by atoms with Crippen molar-refractivity contribution in [2.45, 2.75) is 72.8 Å². The summed E-state index contributed by atoms with van der Waals surface area (Å²) >= 11 is 5.98. The number of halogens is 1. The van der Waals surface area contributed by atoms with Crippen LogP contribution >= 0.6 is 11.6 Å². The van der Waals surface area contributed by atoms with Crippen LogP contribution in [0.15, 0.2) is 6.20 Å². The smallest absolute Gasteiger partial charge is 0.224 e. The van der Waals surface area contributed by atoms with Crippen LogP contribution < -0.4 is 10.6 Å². The van der Waals surface area contributed by atoms with Crippen molar-refractivity contribution in [3.8, 4) is 11.8 Å². The highest BCUT2D eigenvalue weighted by Crippen LogP contribution is 2.15. The standard InChI is InChI=1S/C21H35ClN4O4/c1-8-28-17(29-9-2)11-10-15-12-24-19(22)26-18(15)23-13-16(14(3)4)25-20(27)30-21(5,6)7/h12,14,16-17,20,25,27H,8-9,13H2,1-7H3,(H,23,24,26)/t16-,20?/m1/s1. The molecule has 1 unspecified atom stereocenters. The van der Waals surface area contributed by atoms with Crippen molar-refractivity contribution in [2.75, 3.05) is 25.1 Å². The van der Waals surface area contributed by atoms with Crippen LogP contribution in [0.4, 0.5) is 5.82 Å². The number of aromatic nitrogens is 2. The molecule has 2 atom stereocenters. The Morgan fingerprint density at radius 1 is 1.20 bits per heavy atom. The average molecular weight is 443 g/mol. The van der Waals surface area contributed by atoms with Crippen LogP contribution in [0.25, 0.3) is 0 Å². The molecule has 1 aromatic rings. The van der Waals surface area contributed by atoms with Crippen LogP contribution in [-0.2, 0) is 14.2 Å². The molecule has 9 heteroatoms. The van der Waals surface area contributed by atoms with Crippen LogP contribution in [0.5, 0.6) is 0 Å². The Hall–Kier alpha value is -1.47. The Morgan fingerprint density at radius 2 is 1.83 bits per heavy atom. The molecular weight excluding hydrogens is 408 g/mol. The molecule has 0 amide bonds. The summed E-state index contributed by atoms with van der Waals surface area (Å²) in [7, 11) is 0. The minimum Gasteiger partial charge on any atom is -0.367 e. The zero-order valence-electron chi connectivity index (χ0n) is 19.0. The summed E-state index contributed by atoms with van der Waals surface area (Å²) in [6.07, 6.45) is -0.168. The minimum atomic E-state index is -1.09. The number of aliphatic hydroxyl groups is 1. The third-order valence-corrected chi connectivity index (χ3v) is 4.02. The Labute approximate surface area is 185 Å². The van der Waals surface area contributed by atoms with Gasteiger partial charge >= 0.3 is 0 Å². The molecule has 0 radical (unpaired) electrons. The van der Waals surface area contributed by atoms with Gasteiger partial charge in [-0.3, -0.25) is 5.32 Å². The molecule has 0 aliphatic rings. The lowest BCUT2D eigenvalue weighted by Crippen LogP contribution is -2.48. The first kappa shape index (κ1) is 26.6. The maximum absolute atomic E-state index is 10.2. The van der Waals surface area contributed by atoms with Gasteiger partial charge in [0, 0.05) is 32.0 Å². The second-order valence-electron chi connectivity index (χ2n) is 7.89. The van der Waals surface area contributed by atoms with Crippen molar-refractivity contribution >= 4 is 17.4 Å². The van der Waals surface area contributed by atoms with Gasteiger partial charge in [-0.25, -0.2) is 4.98 Å². The number of ether oxygens (including phenoxy) is 3. The Bertz CT molecular complexity index is 694. The highest BCUT2D eigenvalue weighted by atomic mass is 35.5. The van der Waals surface area contributed by atoms with Gasteiger partial charge in [0.15, 0.2) is 0 Å². The van der Waals surface area contributed by atoms with Crippen LogP contribution in [0.2, 0.25) is 5.28 Å². The molecule has 170 valence electrons. The Balaban J connectivity index is 2.91. The van der Waals surface area contributed by atoms with Crippen LogP contribution in [-0.4, -0.2) is 59.2 Å². The molecule has 0 aliphatic carbocycles. The number of aliphatic hydroxyl groups excluding tert-OH is 1. The molecule has 0 spiro atoms. The van der Waals surface area contributed by atoms with E-state index in [-0.39, 0.29) is 17.2 Å². The minimum absolute atomic E-state index is 0.100. The van der Waals surface area contributed by atoms with Crippen molar-refractivity contribution in [2.24, 2.45) is 5.92 Å². The van der Waals surface area contributed by atoms with Gasteiger partial charge in [-0.1, -0.05) is 19.8 Å². The summed E-state index contributed by atoms with van der Waals surface area (Å²) in [4.78, 5) is 8.27. The highest BCUT2D eigenvalue weighted by molar-refractivity contribution is 6.28. The zero-order valence-corrected chi connectivity index (χ0v) is 19.7. The SMILES string of the molecule is CCOC(C#Cc1cnc(Cl)nc1NC[C@@H](NC(O)OC(C)(C)C)C(C)C)OCC. The molecule has 0 aromatic carbocycles. The summed E-state index contributed by atoms with van der Waals surface area (Å²) in [6.45, 7) is 14.9. The van der Waals surface area contributed by atoms with E-state index in [4.69, 9.17) is 25.8 Å². The van der Waals surface area contributed by atoms with Crippen LogP contribution in [0.3, 0.4) is 0 Å². The number of nitrogens with one attached hydrogen (secondary N) is 2. The van der Waals surface area contributed by atoms with Gasteiger partial charge in [0.2, 0.25) is 18.0 Å². The number of nitrogens with zero attached hydrogens (tertiary/aromatic N) is 2. The van der Waals surface area contributed by atoms with Gasteiger partial charge in [0.05, 0.1) is 11.2 Å². The summed E-state index contributed by atoms with van der Waals surface area (Å²) in [6, 6.07) is -0.100. The average Bonchev–Trinajstić information content (AvgIpc) is 2.62. The molecule has 0 fully saturated rings. The number of hydrogen-bond donors (Lipinski definition) is 3. The molecule has 0 aliphatic heterocycles. The maximum atomic E-state index is 10.2. The molecule has 1 aromatic heterocycles. The van der Waals surface area contributed by atoms with E-state index in [1.807, 2.05) is 48.5 Å². The third-order valence-electron chi connectivity index (χ3n) is 3.84. The monoisotopic (exact) mass is 442 g/mol. The van der Waals surface area contributed by atoms with Gasteiger partial charge < -0.3 is 24.6 Å². The second kappa shape index (κ2) is 13.1. The summed E-state index contributed by atoms with van der Waals surface area (Å²) in [5, 5.41) is 16.6. The van der Waals surface area contributed by atoms with E-state index in [9.17, 15) is 5.11 Å². The third kappa shape index (κ3) is 10.5. The lowest BCUT2D eigenvalue weighted by atomic mass is 10.0. The fourth-order valence-corrected chi connectivity index (χ4v) is 2.54. The normalized spacial score (nSPS) is 13.8. The lowest BCUT2D eigenvalue weighted by molar-refractivity contribution is -0.186. The molecule has 8 nitrogen and oxygen atoms in total. The summed E-state index contributed by atoms with van der Waals surface area (Å²) in [5.41, 5.74) is 0.0971. The van der Waals surface area contributed by atoms with E-state index < -0.39 is 18.3 Å². The maximum Gasteiger partial charge on any atom is 0.224 e. The van der Waals surface area contributed by atoms with Crippen molar-refractivity contribution in [1.29, 1.82) is 0 Å². The highest BCUT2D eigenvalue weighted by Gasteiger charge is 2.22. The fourth-order valence-electron chi connectivity index (χ4n) is 2.40. The fraction of sp³-hybridized carbons (Fsp3) is 0.714. The molecule has 1 heterocycles. The van der Waals surface area contributed by atoms with E-state index in [1.54, 1.807) is 6.20 Å². The van der Waals surface area contributed by atoms with Crippen molar-refractivity contribution in [1.82, 2.24) is 15.3 Å². The summed E-state index contributed by atoms with van der Waals surface area (Å²) < 4.78 is 16.4. The molecule has 0 saturated carbocycles. The largest absolute Gasteiger partial charge is 0.367 e. The molecular formula is C21H35ClN4O4. The Kier molecular flexibility index (Phi) is 11.6. The second-order valence-corrected chi connectivity index (χ2v) is 8.23. The predicted octanol–water partition coefficient (Wildman–Crippen LogP) is 3.00. The number of anilines is 1. The molecule has 3 N–H and O–H groups in total. The lowest BCUT2D eigenvalue weighted by Gasteiger charge is -2.30. The van der Waals surface area contributed by atoms with E-state index >= 15 is 0 Å². The van der Waals surface area contributed by atoms with E-state index in [1.165, 1.54) is 0 Å². The van der Waals surface area contributed by atoms with Crippen LogP contribution in [0, 0.1) is 17.8 Å². The van der Waals surface area contributed by atoms with Crippen molar-refractivity contribution in [3.63, 3.8) is 0 Å². The zero-order chi connectivity index (χ0) is 22.7. The molecule has 30 heavy (non-hydrogen) atoms. The van der Waals surface area contributed by atoms with Gasteiger partial charge in [-0.05, 0) is 58.1 Å². The molecule has 0 saturated heterocycles. The molecule has 1 rings (SSSR count). The van der Waals surface area contributed by atoms with Gasteiger partial charge in [0.1, 0.15) is 5.82 Å². The van der Waals surface area contributed by atoms with E-state index in [0.717, 1.165) is 0 Å². The van der Waals surface area contributed by atoms with Gasteiger partial charge in [0.25, 0.3) is 0 Å². The summed E-state index contributed by atoms with van der Waals surface area (Å²) in [5.74, 6) is 6.63. The topological polar surface area (TPSA) is 97.8 Å². The Morgan fingerprint density at radius 3 is 2.37 bits per heavy atom. The van der Waals surface area contributed by atoms with Gasteiger partial charge in [-0.15, -0.1) is 0 Å². The first-order chi connectivity index (χ1) is 14.1. The van der Waals surface area contributed by atoms with Gasteiger partial charge in [-0.2, -0.15) is 4.98 Å². The van der Waals surface area contributed by atoms with Crippen molar-refractivity contribution in [3.05, 3.63) is 17.0 Å². The first-order valence-corrected chi connectivity index (χ1v) is 10.6. The van der Waals surface area contributed by atoms with E-state index in [0.29, 0.717) is 31.1 Å². The molecule has 0 bridgehead atoms. The quantitative estimate of drug-likeness (QED) is 0.273. The number of rotatable bonds is 11. The first-order valence-electron chi connectivity index (χ1n) is 10.2. The number of hydrogen-bond acceptors (Lipinski definition) is 8. The van der Waals surface area contributed by atoms with Crippen LogP contribution in [0.1, 0.15) is 54.0 Å². The van der Waals surface area contributed by atoms with Crippen molar-refractivity contribution < 1.29 is 19.3 Å². The van der Waals surface area contributed by atoms with E-state index in [2.05, 4.69) is 32.4 Å².